The normalized spacial score (nSPS) is 25.2. The van der Waals surface area contributed by atoms with Crippen LogP contribution in [0.1, 0.15) is 33.6 Å². The van der Waals surface area contributed by atoms with Crippen LogP contribution in [0, 0.1) is 11.7 Å². The molecule has 3 rings (SSSR count). The molecule has 2 aliphatic rings. The topological polar surface area (TPSA) is 71.5 Å². The van der Waals surface area contributed by atoms with Crippen LogP contribution in [-0.2, 0) is 9.53 Å². The van der Waals surface area contributed by atoms with Crippen LogP contribution in [-0.4, -0.2) is 39.6 Å². The van der Waals surface area contributed by atoms with Gasteiger partial charge in [-0.05, 0) is 51.7 Å². The quantitative estimate of drug-likeness (QED) is 0.827. The van der Waals surface area contributed by atoms with Crippen LogP contribution < -0.4 is 5.32 Å². The van der Waals surface area contributed by atoms with Crippen molar-refractivity contribution in [2.24, 2.45) is 5.92 Å². The predicted molar refractivity (Wildman–Crippen MR) is 86.2 cm³/mol. The smallest absolute Gasteiger partial charge is 0.411 e. The molecule has 130 valence electrons. The van der Waals surface area contributed by atoms with Crippen LogP contribution in [0.4, 0.5) is 15.0 Å². The first kappa shape index (κ1) is 17.0. The lowest BCUT2D eigenvalue weighted by Crippen LogP contribution is -2.47. The number of anilines is 1. The molecule has 1 saturated carbocycles. The number of hydrogen-bond donors (Lipinski definition) is 1. The Morgan fingerprint density at radius 1 is 1.38 bits per heavy atom. The van der Waals surface area contributed by atoms with Crippen molar-refractivity contribution in [2.45, 2.75) is 51.3 Å². The maximum absolute atomic E-state index is 13.7. The van der Waals surface area contributed by atoms with Crippen molar-refractivity contribution in [2.75, 3.05) is 5.32 Å². The van der Waals surface area contributed by atoms with E-state index in [1.807, 2.05) is 0 Å². The minimum atomic E-state index is -0.691. The summed E-state index contributed by atoms with van der Waals surface area (Å²) >= 11 is 5.73. The fourth-order valence-corrected chi connectivity index (χ4v) is 3.12. The number of aromatic nitrogens is 1. The summed E-state index contributed by atoms with van der Waals surface area (Å²) in [5.74, 6) is -1.11. The van der Waals surface area contributed by atoms with Crippen molar-refractivity contribution in [1.29, 1.82) is 0 Å². The number of halogens is 2. The van der Waals surface area contributed by atoms with Crippen molar-refractivity contribution < 1.29 is 18.7 Å². The second kappa shape index (κ2) is 5.88. The van der Waals surface area contributed by atoms with Gasteiger partial charge in [0.25, 0.3) is 0 Å². The molecule has 2 fully saturated rings. The Morgan fingerprint density at radius 3 is 2.75 bits per heavy atom. The molecule has 0 unspecified atom stereocenters. The van der Waals surface area contributed by atoms with E-state index < -0.39 is 29.5 Å². The minimum absolute atomic E-state index is 0.0211. The van der Waals surface area contributed by atoms with E-state index in [4.69, 9.17) is 16.3 Å². The van der Waals surface area contributed by atoms with Crippen molar-refractivity contribution >= 4 is 29.4 Å². The van der Waals surface area contributed by atoms with Gasteiger partial charge in [0.2, 0.25) is 5.91 Å². The Hall–Kier alpha value is -1.89. The number of carbonyl (C=O) groups is 2. The van der Waals surface area contributed by atoms with Crippen molar-refractivity contribution in [3.8, 4) is 0 Å². The number of carbonyl (C=O) groups excluding carboxylic acids is 2. The first-order chi connectivity index (χ1) is 11.2. The number of nitrogens with zero attached hydrogens (tertiary/aromatic N) is 2. The van der Waals surface area contributed by atoms with E-state index in [0.717, 1.165) is 12.5 Å². The fourth-order valence-electron chi connectivity index (χ4n) is 2.97. The Balaban J connectivity index is 1.74. The molecule has 24 heavy (non-hydrogen) atoms. The van der Waals surface area contributed by atoms with Gasteiger partial charge in [0, 0.05) is 6.04 Å². The number of rotatable bonds is 2. The van der Waals surface area contributed by atoms with E-state index in [2.05, 4.69) is 10.3 Å². The maximum atomic E-state index is 13.7. The minimum Gasteiger partial charge on any atom is -0.444 e. The summed E-state index contributed by atoms with van der Waals surface area (Å²) in [6.07, 6.45) is 0.886. The Kier molecular flexibility index (Phi) is 4.15. The summed E-state index contributed by atoms with van der Waals surface area (Å²) in [5, 5.41) is 2.50. The standard InChI is InChI=1S/C16H19ClFN3O3/c1-16(2,3)24-15(23)21-10-6-8(10)7-11(21)14(22)20-13-9(18)4-5-12(17)19-13/h4-5,8,10-11H,6-7H2,1-3H3,(H,19,20,22)/t8-,10-,11-/m1/s1. The molecule has 1 aromatic rings. The van der Waals surface area contributed by atoms with Crippen LogP contribution in [0.2, 0.25) is 5.15 Å². The number of ether oxygens (including phenoxy) is 1. The van der Waals surface area contributed by atoms with Gasteiger partial charge in [-0.2, -0.15) is 0 Å². The SMILES string of the molecule is CC(C)(C)OC(=O)N1[C@@H](C(=O)Nc2nc(Cl)ccc2F)C[C@H]2C[C@H]21. The first-order valence-corrected chi connectivity index (χ1v) is 8.18. The van der Waals surface area contributed by atoms with Gasteiger partial charge in [-0.15, -0.1) is 0 Å². The molecule has 1 aliphatic carbocycles. The van der Waals surface area contributed by atoms with E-state index in [0.29, 0.717) is 12.3 Å². The van der Waals surface area contributed by atoms with E-state index in [1.165, 1.54) is 11.0 Å². The Bertz CT molecular complexity index is 692. The van der Waals surface area contributed by atoms with Gasteiger partial charge in [-0.1, -0.05) is 11.6 Å². The van der Waals surface area contributed by atoms with E-state index in [-0.39, 0.29) is 17.0 Å². The van der Waals surface area contributed by atoms with Crippen molar-refractivity contribution in [3.63, 3.8) is 0 Å². The van der Waals surface area contributed by atoms with Gasteiger partial charge in [-0.3, -0.25) is 9.69 Å². The zero-order chi connectivity index (χ0) is 17.6. The number of fused-ring (bicyclic) bond motifs is 1. The molecule has 0 spiro atoms. The predicted octanol–water partition coefficient (Wildman–Crippen LogP) is 3.21. The van der Waals surface area contributed by atoms with Gasteiger partial charge < -0.3 is 10.1 Å². The molecule has 0 radical (unpaired) electrons. The summed E-state index contributed by atoms with van der Waals surface area (Å²) in [6, 6.07) is 1.75. The van der Waals surface area contributed by atoms with Gasteiger partial charge in [0.15, 0.2) is 11.6 Å². The second-order valence-electron chi connectivity index (χ2n) is 7.16. The van der Waals surface area contributed by atoms with Crippen LogP contribution >= 0.6 is 11.6 Å². The van der Waals surface area contributed by atoms with E-state index in [1.54, 1.807) is 20.8 Å². The average molecular weight is 356 g/mol. The average Bonchev–Trinajstić information content (AvgIpc) is 3.11. The van der Waals surface area contributed by atoms with Crippen LogP contribution in [0.25, 0.3) is 0 Å². The molecule has 8 heteroatoms. The third kappa shape index (κ3) is 3.45. The molecule has 6 nitrogen and oxygen atoms in total. The van der Waals surface area contributed by atoms with E-state index in [9.17, 15) is 14.0 Å². The van der Waals surface area contributed by atoms with E-state index >= 15 is 0 Å². The maximum Gasteiger partial charge on any atom is 0.411 e. The summed E-state index contributed by atoms with van der Waals surface area (Å²) in [4.78, 5) is 30.1. The molecular formula is C16H19ClFN3O3. The summed E-state index contributed by atoms with van der Waals surface area (Å²) in [7, 11) is 0. The van der Waals surface area contributed by atoms with Crippen molar-refractivity contribution in [1.82, 2.24) is 9.88 Å². The number of amides is 2. The molecular weight excluding hydrogens is 337 g/mol. The zero-order valence-electron chi connectivity index (χ0n) is 13.7. The number of piperidine rings is 1. The molecule has 0 aromatic carbocycles. The van der Waals surface area contributed by atoms with Gasteiger partial charge in [0.1, 0.15) is 16.8 Å². The number of hydrogen-bond acceptors (Lipinski definition) is 4. The fraction of sp³-hybridized carbons (Fsp3) is 0.562. The monoisotopic (exact) mass is 355 g/mol. The lowest BCUT2D eigenvalue weighted by atomic mass is 10.1. The van der Waals surface area contributed by atoms with Gasteiger partial charge in [0.05, 0.1) is 0 Å². The molecule has 0 bridgehead atoms. The molecule has 1 N–H and O–H groups in total. The molecule has 1 aliphatic heterocycles. The lowest BCUT2D eigenvalue weighted by molar-refractivity contribution is -0.121. The second-order valence-corrected chi connectivity index (χ2v) is 7.54. The third-order valence-electron chi connectivity index (χ3n) is 4.06. The third-order valence-corrected chi connectivity index (χ3v) is 4.28. The molecule has 2 heterocycles. The molecule has 1 aromatic heterocycles. The highest BCUT2D eigenvalue weighted by Crippen LogP contribution is 2.48. The highest BCUT2D eigenvalue weighted by Gasteiger charge is 2.57. The Morgan fingerprint density at radius 2 is 2.08 bits per heavy atom. The summed E-state index contributed by atoms with van der Waals surface area (Å²) < 4.78 is 19.1. The molecule has 2 amide bonds. The zero-order valence-corrected chi connectivity index (χ0v) is 14.4. The number of pyridine rings is 1. The molecule has 1 saturated heterocycles. The number of likely N-dealkylation sites (tertiary alicyclic amines) is 1. The first-order valence-electron chi connectivity index (χ1n) is 7.80. The highest BCUT2D eigenvalue weighted by atomic mass is 35.5. The summed E-state index contributed by atoms with van der Waals surface area (Å²) in [5.41, 5.74) is -0.647. The Labute approximate surface area is 144 Å². The molecule has 3 atom stereocenters. The van der Waals surface area contributed by atoms with Crippen LogP contribution in [0.5, 0.6) is 0 Å². The lowest BCUT2D eigenvalue weighted by Gasteiger charge is -2.29. The number of nitrogens with one attached hydrogen (secondary N) is 1. The largest absolute Gasteiger partial charge is 0.444 e. The van der Waals surface area contributed by atoms with Crippen LogP contribution in [0.3, 0.4) is 0 Å². The van der Waals surface area contributed by atoms with Crippen molar-refractivity contribution in [3.05, 3.63) is 23.1 Å². The van der Waals surface area contributed by atoms with Gasteiger partial charge in [-0.25, -0.2) is 14.2 Å². The van der Waals surface area contributed by atoms with Gasteiger partial charge >= 0.3 is 6.09 Å². The van der Waals surface area contributed by atoms with Crippen LogP contribution in [0.15, 0.2) is 12.1 Å². The summed E-state index contributed by atoms with van der Waals surface area (Å²) in [6.45, 7) is 5.31. The highest BCUT2D eigenvalue weighted by molar-refractivity contribution is 6.29.